The first-order chi connectivity index (χ1) is 12.7. The van der Waals surface area contributed by atoms with Crippen molar-refractivity contribution in [1.29, 1.82) is 0 Å². The lowest BCUT2D eigenvalue weighted by molar-refractivity contribution is -0.131. The molecule has 3 rings (SSSR count). The fraction of sp³-hybridized carbons (Fsp3) is 0.300. The topological polar surface area (TPSA) is 74.0 Å². The fourth-order valence-electron chi connectivity index (χ4n) is 2.99. The number of carbonyl (C=O) groups excluding carboxylic acids is 1. The molecule has 0 bridgehead atoms. The molecular weight excluding hydrogens is 326 g/mol. The van der Waals surface area contributed by atoms with E-state index in [-0.39, 0.29) is 5.91 Å². The van der Waals surface area contributed by atoms with Gasteiger partial charge in [0.05, 0.1) is 6.54 Å². The predicted octanol–water partition coefficient (Wildman–Crippen LogP) is 2.15. The van der Waals surface area contributed by atoms with Crippen molar-refractivity contribution >= 4 is 23.2 Å². The van der Waals surface area contributed by atoms with E-state index in [2.05, 4.69) is 27.3 Å². The molecule has 6 heteroatoms. The molecule has 136 valence electrons. The van der Waals surface area contributed by atoms with Crippen molar-refractivity contribution in [3.05, 3.63) is 60.7 Å². The van der Waals surface area contributed by atoms with Crippen LogP contribution in [-0.2, 0) is 4.79 Å². The number of piperazine rings is 1. The SMILES string of the molecule is NC(=NCCC(=O)N1CCN(c2ccccc2)CC1)Nc1ccccc1. The highest BCUT2D eigenvalue weighted by molar-refractivity contribution is 5.92. The van der Waals surface area contributed by atoms with Gasteiger partial charge in [-0.05, 0) is 24.3 Å². The minimum absolute atomic E-state index is 0.133. The number of benzene rings is 2. The minimum atomic E-state index is 0.133. The van der Waals surface area contributed by atoms with Crippen molar-refractivity contribution in [3.63, 3.8) is 0 Å². The van der Waals surface area contributed by atoms with Gasteiger partial charge in [-0.2, -0.15) is 0 Å². The molecule has 0 radical (unpaired) electrons. The fourth-order valence-corrected chi connectivity index (χ4v) is 2.99. The van der Waals surface area contributed by atoms with Gasteiger partial charge in [-0.1, -0.05) is 36.4 Å². The molecule has 2 aromatic rings. The normalized spacial score (nSPS) is 15.0. The first kappa shape index (κ1) is 17.8. The van der Waals surface area contributed by atoms with Gasteiger partial charge >= 0.3 is 0 Å². The number of anilines is 2. The molecule has 6 nitrogen and oxygen atoms in total. The lowest BCUT2D eigenvalue weighted by Gasteiger charge is -2.36. The first-order valence-electron chi connectivity index (χ1n) is 8.92. The minimum Gasteiger partial charge on any atom is -0.370 e. The molecule has 1 aliphatic heterocycles. The monoisotopic (exact) mass is 351 g/mol. The summed E-state index contributed by atoms with van der Waals surface area (Å²) in [4.78, 5) is 20.8. The van der Waals surface area contributed by atoms with Gasteiger partial charge in [0.2, 0.25) is 5.91 Å². The Morgan fingerprint density at radius 3 is 2.23 bits per heavy atom. The molecule has 0 aliphatic carbocycles. The van der Waals surface area contributed by atoms with Crippen molar-refractivity contribution in [3.8, 4) is 0 Å². The quantitative estimate of drug-likeness (QED) is 0.639. The molecule has 26 heavy (non-hydrogen) atoms. The molecule has 1 fully saturated rings. The average Bonchev–Trinajstić information content (AvgIpc) is 2.69. The number of nitrogens with zero attached hydrogens (tertiary/aromatic N) is 3. The number of para-hydroxylation sites is 2. The summed E-state index contributed by atoms with van der Waals surface area (Å²) in [5, 5.41) is 3.02. The second kappa shape index (κ2) is 8.89. The molecule has 0 spiro atoms. The molecule has 0 atom stereocenters. The van der Waals surface area contributed by atoms with E-state index < -0.39 is 0 Å². The largest absolute Gasteiger partial charge is 0.370 e. The number of guanidine groups is 1. The Labute approximate surface area is 154 Å². The van der Waals surface area contributed by atoms with Crippen molar-refractivity contribution < 1.29 is 4.79 Å². The Kier molecular flexibility index (Phi) is 6.09. The van der Waals surface area contributed by atoms with Gasteiger partial charge in [0.1, 0.15) is 0 Å². The molecule has 1 heterocycles. The number of hydrogen-bond donors (Lipinski definition) is 2. The lowest BCUT2D eigenvalue weighted by Crippen LogP contribution is -2.48. The van der Waals surface area contributed by atoms with E-state index in [9.17, 15) is 4.79 Å². The third-order valence-electron chi connectivity index (χ3n) is 4.41. The van der Waals surface area contributed by atoms with E-state index >= 15 is 0 Å². The van der Waals surface area contributed by atoms with Crippen LogP contribution in [0.25, 0.3) is 0 Å². The van der Waals surface area contributed by atoms with Crippen LogP contribution in [0.1, 0.15) is 6.42 Å². The Hall–Kier alpha value is -3.02. The van der Waals surface area contributed by atoms with E-state index in [1.165, 1.54) is 5.69 Å². The van der Waals surface area contributed by atoms with E-state index in [4.69, 9.17) is 5.73 Å². The smallest absolute Gasteiger partial charge is 0.224 e. The Morgan fingerprint density at radius 1 is 0.962 bits per heavy atom. The van der Waals surface area contributed by atoms with Gasteiger partial charge in [0, 0.05) is 44.0 Å². The highest BCUT2D eigenvalue weighted by Crippen LogP contribution is 2.15. The molecule has 1 aliphatic rings. The number of carbonyl (C=O) groups is 1. The molecule has 1 amide bonds. The van der Waals surface area contributed by atoms with Crippen LogP contribution in [0.15, 0.2) is 65.7 Å². The second-order valence-electron chi connectivity index (χ2n) is 6.21. The zero-order chi connectivity index (χ0) is 18.2. The van der Waals surface area contributed by atoms with Gasteiger partial charge in [-0.15, -0.1) is 0 Å². The standard InChI is InChI=1S/C20H25N5O/c21-20(23-17-7-3-1-4-8-17)22-12-11-19(26)25-15-13-24(14-16-25)18-9-5-2-6-10-18/h1-10H,11-16H2,(H3,21,22,23). The first-order valence-corrected chi connectivity index (χ1v) is 8.92. The highest BCUT2D eigenvalue weighted by atomic mass is 16.2. The van der Waals surface area contributed by atoms with Crippen LogP contribution in [0.3, 0.4) is 0 Å². The summed E-state index contributed by atoms with van der Waals surface area (Å²) in [5.41, 5.74) is 7.96. The van der Waals surface area contributed by atoms with Crippen LogP contribution in [0.5, 0.6) is 0 Å². The lowest BCUT2D eigenvalue weighted by atomic mass is 10.2. The number of nitrogens with one attached hydrogen (secondary N) is 1. The van der Waals surface area contributed by atoms with Gasteiger partial charge < -0.3 is 20.9 Å². The summed E-state index contributed by atoms with van der Waals surface area (Å²) in [6.07, 6.45) is 0.377. The molecular formula is C20H25N5O. The second-order valence-corrected chi connectivity index (χ2v) is 6.21. The molecule has 2 aromatic carbocycles. The van der Waals surface area contributed by atoms with Crippen LogP contribution in [0.2, 0.25) is 0 Å². The Morgan fingerprint density at radius 2 is 1.58 bits per heavy atom. The van der Waals surface area contributed by atoms with Crippen molar-refractivity contribution in [2.75, 3.05) is 42.9 Å². The number of hydrogen-bond acceptors (Lipinski definition) is 3. The summed E-state index contributed by atoms with van der Waals surface area (Å²) in [6, 6.07) is 19.9. The Balaban J connectivity index is 1.41. The summed E-state index contributed by atoms with van der Waals surface area (Å²) in [6.45, 7) is 3.60. The van der Waals surface area contributed by atoms with Gasteiger partial charge in [0.25, 0.3) is 0 Å². The van der Waals surface area contributed by atoms with Gasteiger partial charge in [-0.3, -0.25) is 9.79 Å². The summed E-state index contributed by atoms with van der Waals surface area (Å²) < 4.78 is 0. The number of aliphatic imine (C=N–C) groups is 1. The molecule has 3 N–H and O–H groups in total. The van der Waals surface area contributed by atoms with Crippen molar-refractivity contribution in [2.45, 2.75) is 6.42 Å². The van der Waals surface area contributed by atoms with Crippen LogP contribution in [0.4, 0.5) is 11.4 Å². The van der Waals surface area contributed by atoms with Crippen molar-refractivity contribution in [2.24, 2.45) is 10.7 Å². The molecule has 1 saturated heterocycles. The number of nitrogens with two attached hydrogens (primary N) is 1. The van der Waals surface area contributed by atoms with E-state index in [1.54, 1.807) is 0 Å². The van der Waals surface area contributed by atoms with Crippen molar-refractivity contribution in [1.82, 2.24) is 4.90 Å². The van der Waals surface area contributed by atoms with Gasteiger partial charge in [0.15, 0.2) is 5.96 Å². The summed E-state index contributed by atoms with van der Waals surface area (Å²) >= 11 is 0. The number of amides is 1. The summed E-state index contributed by atoms with van der Waals surface area (Å²) in [7, 11) is 0. The number of rotatable bonds is 5. The maximum Gasteiger partial charge on any atom is 0.224 e. The van der Waals surface area contributed by atoms with Crippen LogP contribution in [-0.4, -0.2) is 49.5 Å². The molecule has 0 unspecified atom stereocenters. The van der Waals surface area contributed by atoms with Crippen LogP contribution < -0.4 is 16.0 Å². The highest BCUT2D eigenvalue weighted by Gasteiger charge is 2.20. The molecule has 0 aromatic heterocycles. The van der Waals surface area contributed by atoms with E-state index in [1.807, 2.05) is 53.4 Å². The Bertz CT molecular complexity index is 724. The van der Waals surface area contributed by atoms with Crippen LogP contribution in [0, 0.1) is 0 Å². The predicted molar refractivity (Wildman–Crippen MR) is 106 cm³/mol. The third-order valence-corrected chi connectivity index (χ3v) is 4.41. The summed E-state index contributed by atoms with van der Waals surface area (Å²) in [5.74, 6) is 0.465. The van der Waals surface area contributed by atoms with E-state index in [0.29, 0.717) is 18.9 Å². The zero-order valence-corrected chi connectivity index (χ0v) is 14.8. The van der Waals surface area contributed by atoms with Crippen LogP contribution >= 0.6 is 0 Å². The average molecular weight is 351 g/mol. The maximum absolute atomic E-state index is 12.4. The molecule has 0 saturated carbocycles. The maximum atomic E-state index is 12.4. The van der Waals surface area contributed by atoms with Gasteiger partial charge in [-0.25, -0.2) is 0 Å². The third kappa shape index (κ3) is 4.99. The van der Waals surface area contributed by atoms with E-state index in [0.717, 1.165) is 31.9 Å². The zero-order valence-electron chi connectivity index (χ0n) is 14.8.